The first-order valence-electron chi connectivity index (χ1n) is 9.49. The van der Waals surface area contributed by atoms with Gasteiger partial charge in [-0.15, -0.1) is 0 Å². The summed E-state index contributed by atoms with van der Waals surface area (Å²) in [5.41, 5.74) is 3.14. The minimum absolute atomic E-state index is 0.0562. The molecule has 2 rings (SSSR count). The molecule has 0 amide bonds. The molecule has 1 aromatic carbocycles. The third kappa shape index (κ3) is 8.22. The summed E-state index contributed by atoms with van der Waals surface area (Å²) in [6.07, 6.45) is 4.41. The fraction of sp³-hybridized carbons (Fsp3) is 0.632. The van der Waals surface area contributed by atoms with Crippen LogP contribution in [-0.4, -0.2) is 39.2 Å². The number of carbonyl (C=O) groups excluding carboxylic acids is 1. The number of thioether (sulfide) groups is 1. The second kappa shape index (κ2) is 11.8. The highest BCUT2D eigenvalue weighted by Crippen LogP contribution is 2.22. The Morgan fingerprint density at radius 2 is 2.19 bits per heavy atom. The number of rotatable bonds is 9. The van der Waals surface area contributed by atoms with Crippen molar-refractivity contribution in [3.05, 3.63) is 30.3 Å². The van der Waals surface area contributed by atoms with E-state index < -0.39 is 8.56 Å². The molecule has 5 nitrogen and oxygen atoms in total. The van der Waals surface area contributed by atoms with Crippen LogP contribution in [0.4, 0.5) is 0 Å². The number of nitrogens with one attached hydrogen (secondary N) is 1. The van der Waals surface area contributed by atoms with Gasteiger partial charge in [0.15, 0.2) is 6.61 Å². The van der Waals surface area contributed by atoms with E-state index >= 15 is 0 Å². The summed E-state index contributed by atoms with van der Waals surface area (Å²) in [5, 5.41) is 0.0562. The number of ether oxygens (including phenoxy) is 1. The van der Waals surface area contributed by atoms with E-state index in [-0.39, 0.29) is 11.7 Å². The van der Waals surface area contributed by atoms with Crippen molar-refractivity contribution >= 4 is 25.4 Å². The van der Waals surface area contributed by atoms with Crippen LogP contribution in [0.5, 0.6) is 5.75 Å². The number of carbonyl (C=O) groups is 1. The molecule has 1 aromatic rings. The molecule has 0 aromatic heterocycles. The largest absolute Gasteiger partial charge is 0.485 e. The Balaban J connectivity index is 1.60. The summed E-state index contributed by atoms with van der Waals surface area (Å²) < 4.78 is 17.5. The maximum atomic E-state index is 11.9. The lowest BCUT2D eigenvalue weighted by Gasteiger charge is -2.31. The highest BCUT2D eigenvalue weighted by molar-refractivity contribution is 8.13. The standard InChI is InChI=1S/C19H31NO4SSi/c1-3-8-17-11-12-23-26(2,24-20-15-17)14-7-13-25-19(21)16-22-18-9-5-4-6-10-18/h4-6,9-10,17,20H,3,7-8,11-16H2,1-2H3. The summed E-state index contributed by atoms with van der Waals surface area (Å²) in [6, 6.07) is 10.3. The average Bonchev–Trinajstić information content (AvgIpc) is 2.63. The quantitative estimate of drug-likeness (QED) is 0.499. The highest BCUT2D eigenvalue weighted by Gasteiger charge is 2.33. The van der Waals surface area contributed by atoms with Crippen molar-refractivity contribution < 1.29 is 18.5 Å². The zero-order valence-electron chi connectivity index (χ0n) is 15.9. The lowest BCUT2D eigenvalue weighted by atomic mass is 10.0. The number of benzene rings is 1. The summed E-state index contributed by atoms with van der Waals surface area (Å²) in [4.78, 5) is 11.9. The maximum absolute atomic E-state index is 11.9. The number of hydroxylamine groups is 1. The van der Waals surface area contributed by atoms with Crippen LogP contribution in [0.1, 0.15) is 32.6 Å². The Morgan fingerprint density at radius 3 is 2.96 bits per heavy atom. The fourth-order valence-electron chi connectivity index (χ4n) is 2.94. The van der Waals surface area contributed by atoms with Crippen LogP contribution in [-0.2, 0) is 13.7 Å². The van der Waals surface area contributed by atoms with E-state index in [1.807, 2.05) is 30.3 Å². The first kappa shape index (κ1) is 21.4. The monoisotopic (exact) mass is 397 g/mol. The summed E-state index contributed by atoms with van der Waals surface area (Å²) in [5.74, 6) is 2.13. The van der Waals surface area contributed by atoms with Gasteiger partial charge in [-0.2, -0.15) is 0 Å². The van der Waals surface area contributed by atoms with Crippen LogP contribution in [0.3, 0.4) is 0 Å². The third-order valence-electron chi connectivity index (χ3n) is 4.43. The van der Waals surface area contributed by atoms with Crippen LogP contribution in [0.2, 0.25) is 12.6 Å². The van der Waals surface area contributed by atoms with E-state index in [4.69, 9.17) is 13.7 Å². The summed E-state index contributed by atoms with van der Waals surface area (Å²) in [6.45, 7) is 6.11. The van der Waals surface area contributed by atoms with Crippen molar-refractivity contribution in [1.82, 2.24) is 5.48 Å². The summed E-state index contributed by atoms with van der Waals surface area (Å²) in [7, 11) is -2.18. The second-order valence-corrected chi connectivity index (χ2v) is 11.2. The Morgan fingerprint density at radius 1 is 1.38 bits per heavy atom. The second-order valence-electron chi connectivity index (χ2n) is 6.80. The van der Waals surface area contributed by atoms with Gasteiger partial charge in [0.2, 0.25) is 5.12 Å². The smallest absolute Gasteiger partial charge is 0.355 e. The van der Waals surface area contributed by atoms with Gasteiger partial charge in [0.1, 0.15) is 5.75 Å². The molecule has 1 saturated heterocycles. The predicted octanol–water partition coefficient (Wildman–Crippen LogP) is 4.15. The van der Waals surface area contributed by atoms with Gasteiger partial charge in [-0.05, 0) is 49.9 Å². The molecule has 146 valence electrons. The molecule has 2 atom stereocenters. The topological polar surface area (TPSA) is 56.8 Å². The van der Waals surface area contributed by atoms with E-state index in [1.165, 1.54) is 24.6 Å². The maximum Gasteiger partial charge on any atom is 0.355 e. The third-order valence-corrected chi connectivity index (χ3v) is 8.01. The van der Waals surface area contributed by atoms with Gasteiger partial charge in [0.25, 0.3) is 0 Å². The van der Waals surface area contributed by atoms with Gasteiger partial charge in [0, 0.05) is 18.9 Å². The van der Waals surface area contributed by atoms with Gasteiger partial charge in [-0.3, -0.25) is 4.79 Å². The van der Waals surface area contributed by atoms with Crippen molar-refractivity contribution in [2.75, 3.05) is 25.5 Å². The van der Waals surface area contributed by atoms with Crippen LogP contribution in [0.15, 0.2) is 30.3 Å². The van der Waals surface area contributed by atoms with Gasteiger partial charge in [-0.25, -0.2) is 5.48 Å². The highest BCUT2D eigenvalue weighted by atomic mass is 32.2. The van der Waals surface area contributed by atoms with E-state index in [0.717, 1.165) is 43.5 Å². The Kier molecular flexibility index (Phi) is 9.70. The van der Waals surface area contributed by atoms with Crippen LogP contribution >= 0.6 is 11.8 Å². The van der Waals surface area contributed by atoms with Crippen molar-refractivity contribution in [3.8, 4) is 5.75 Å². The van der Waals surface area contributed by atoms with Crippen LogP contribution in [0, 0.1) is 5.92 Å². The number of para-hydroxylation sites is 1. The molecule has 26 heavy (non-hydrogen) atoms. The zero-order chi connectivity index (χ0) is 18.7. The lowest BCUT2D eigenvalue weighted by Crippen LogP contribution is -2.47. The SMILES string of the molecule is CCCC1CCO[Si](C)(CCCSC(=O)COc2ccccc2)ONC1. The fourth-order valence-corrected chi connectivity index (χ4v) is 5.92. The van der Waals surface area contributed by atoms with E-state index in [0.29, 0.717) is 5.92 Å². The molecule has 1 aliphatic rings. The van der Waals surface area contributed by atoms with Gasteiger partial charge < -0.3 is 13.7 Å². The number of hydrogen-bond donors (Lipinski definition) is 1. The van der Waals surface area contributed by atoms with Crippen molar-refractivity contribution in [3.63, 3.8) is 0 Å². The Hall–Kier alpha value is -0.863. The first-order valence-corrected chi connectivity index (χ1v) is 13.0. The van der Waals surface area contributed by atoms with E-state index in [2.05, 4.69) is 19.0 Å². The van der Waals surface area contributed by atoms with Crippen LogP contribution < -0.4 is 10.2 Å². The molecule has 0 radical (unpaired) electrons. The molecule has 0 saturated carbocycles. The van der Waals surface area contributed by atoms with Gasteiger partial charge in [-0.1, -0.05) is 43.3 Å². The average molecular weight is 398 g/mol. The minimum atomic E-state index is -2.18. The van der Waals surface area contributed by atoms with Gasteiger partial charge >= 0.3 is 8.56 Å². The van der Waals surface area contributed by atoms with E-state index in [1.54, 1.807) is 0 Å². The molecule has 1 fully saturated rings. The molecule has 7 heteroatoms. The normalized spacial score (nSPS) is 23.8. The Bertz CT molecular complexity index is 522. The lowest BCUT2D eigenvalue weighted by molar-refractivity contribution is -0.112. The molecular weight excluding hydrogens is 366 g/mol. The van der Waals surface area contributed by atoms with Crippen LogP contribution in [0.25, 0.3) is 0 Å². The predicted molar refractivity (Wildman–Crippen MR) is 108 cm³/mol. The number of hydrogen-bond acceptors (Lipinski definition) is 6. The molecule has 1 aliphatic heterocycles. The van der Waals surface area contributed by atoms with E-state index in [9.17, 15) is 4.79 Å². The van der Waals surface area contributed by atoms with Crippen molar-refractivity contribution in [1.29, 1.82) is 0 Å². The molecule has 0 bridgehead atoms. The van der Waals surface area contributed by atoms with Gasteiger partial charge in [0.05, 0.1) is 0 Å². The molecule has 1 N–H and O–H groups in total. The first-order chi connectivity index (χ1) is 12.6. The molecule has 0 aliphatic carbocycles. The molecular formula is C19H31NO4SSi. The molecule has 1 heterocycles. The summed E-state index contributed by atoms with van der Waals surface area (Å²) >= 11 is 1.33. The molecule has 2 unspecified atom stereocenters. The minimum Gasteiger partial charge on any atom is -0.485 e. The Labute approximate surface area is 162 Å². The zero-order valence-corrected chi connectivity index (χ0v) is 17.7. The molecule has 0 spiro atoms. The van der Waals surface area contributed by atoms with Crippen molar-refractivity contribution in [2.45, 2.75) is 45.2 Å². The van der Waals surface area contributed by atoms with Crippen molar-refractivity contribution in [2.24, 2.45) is 5.92 Å².